The first-order valence-electron chi connectivity index (χ1n) is 6.82. The number of amides is 1. The average molecular weight is 327 g/mol. The monoisotopic (exact) mass is 327 g/mol. The highest BCUT2D eigenvalue weighted by molar-refractivity contribution is 7.90. The van der Waals surface area contributed by atoms with Gasteiger partial charge in [0.15, 0.2) is 0 Å². The molecule has 9 heteroatoms. The van der Waals surface area contributed by atoms with E-state index < -0.39 is 21.2 Å². The van der Waals surface area contributed by atoms with E-state index in [1.54, 1.807) is 6.92 Å². The van der Waals surface area contributed by atoms with Crippen molar-refractivity contribution in [3.05, 3.63) is 29.6 Å². The number of hydrogen-bond acceptors (Lipinski definition) is 5. The Morgan fingerprint density at radius 1 is 1.50 bits per heavy atom. The molecular formula is C13H17N3O5S. The Kier molecular flexibility index (Phi) is 4.77. The molecule has 2 rings (SSSR count). The Morgan fingerprint density at radius 2 is 2.23 bits per heavy atom. The maximum absolute atomic E-state index is 12.3. The van der Waals surface area contributed by atoms with Gasteiger partial charge in [-0.25, -0.2) is 22.9 Å². The molecule has 1 aliphatic heterocycles. The number of aromatic nitrogens is 1. The van der Waals surface area contributed by atoms with E-state index in [-0.39, 0.29) is 23.7 Å². The molecule has 0 saturated carbocycles. The standard InChI is InChI=1S/C13H17N3O5S/c1-2-15-22(20,21)10-4-6-16(8-10)12(17)9-3-5-14-11(7-9)13(18)19/h3,5,7,10,15H,2,4,6,8H2,1H3,(H,18,19). The summed E-state index contributed by atoms with van der Waals surface area (Å²) >= 11 is 0. The third-order valence-corrected chi connectivity index (χ3v) is 5.40. The number of likely N-dealkylation sites (tertiary alicyclic amines) is 1. The van der Waals surface area contributed by atoms with Crippen molar-refractivity contribution < 1.29 is 23.1 Å². The third kappa shape index (κ3) is 3.42. The van der Waals surface area contributed by atoms with Gasteiger partial charge in [-0.2, -0.15) is 0 Å². The van der Waals surface area contributed by atoms with Crippen molar-refractivity contribution in [1.82, 2.24) is 14.6 Å². The van der Waals surface area contributed by atoms with Crippen LogP contribution in [0.4, 0.5) is 0 Å². The number of carbonyl (C=O) groups excluding carboxylic acids is 1. The SMILES string of the molecule is CCNS(=O)(=O)C1CCN(C(=O)c2ccnc(C(=O)O)c2)C1. The summed E-state index contributed by atoms with van der Waals surface area (Å²) in [6.45, 7) is 2.41. The number of nitrogens with zero attached hydrogens (tertiary/aromatic N) is 2. The maximum atomic E-state index is 12.3. The van der Waals surface area contributed by atoms with Crippen LogP contribution in [0.2, 0.25) is 0 Å². The van der Waals surface area contributed by atoms with Gasteiger partial charge in [-0.15, -0.1) is 0 Å². The summed E-state index contributed by atoms with van der Waals surface area (Å²) in [4.78, 5) is 28.3. The van der Waals surface area contributed by atoms with Crippen LogP contribution < -0.4 is 4.72 Å². The van der Waals surface area contributed by atoms with Gasteiger partial charge in [0.25, 0.3) is 5.91 Å². The van der Waals surface area contributed by atoms with Gasteiger partial charge >= 0.3 is 5.97 Å². The zero-order valence-corrected chi connectivity index (χ0v) is 12.8. The lowest BCUT2D eigenvalue weighted by molar-refractivity contribution is 0.0690. The lowest BCUT2D eigenvalue weighted by atomic mass is 10.2. The van der Waals surface area contributed by atoms with Gasteiger partial charge in [-0.05, 0) is 18.6 Å². The highest BCUT2D eigenvalue weighted by Crippen LogP contribution is 2.18. The lowest BCUT2D eigenvalue weighted by Gasteiger charge is -2.17. The molecule has 0 spiro atoms. The zero-order valence-electron chi connectivity index (χ0n) is 12.0. The van der Waals surface area contributed by atoms with Crippen molar-refractivity contribution in [3.8, 4) is 0 Å². The van der Waals surface area contributed by atoms with Gasteiger partial charge in [-0.1, -0.05) is 6.92 Å². The van der Waals surface area contributed by atoms with Crippen LogP contribution in [-0.4, -0.2) is 60.2 Å². The van der Waals surface area contributed by atoms with Crippen LogP contribution in [0.25, 0.3) is 0 Å². The van der Waals surface area contributed by atoms with E-state index in [0.717, 1.165) is 0 Å². The van der Waals surface area contributed by atoms with E-state index in [2.05, 4.69) is 9.71 Å². The summed E-state index contributed by atoms with van der Waals surface area (Å²) in [7, 11) is -3.43. The number of pyridine rings is 1. The Bertz CT molecular complexity index is 689. The molecule has 22 heavy (non-hydrogen) atoms. The van der Waals surface area contributed by atoms with E-state index in [4.69, 9.17) is 5.11 Å². The summed E-state index contributed by atoms with van der Waals surface area (Å²) in [5.41, 5.74) is -0.0317. The summed E-state index contributed by atoms with van der Waals surface area (Å²) < 4.78 is 26.3. The molecule has 0 aliphatic carbocycles. The van der Waals surface area contributed by atoms with Gasteiger partial charge in [-0.3, -0.25) is 4.79 Å². The maximum Gasteiger partial charge on any atom is 0.354 e. The largest absolute Gasteiger partial charge is 0.477 e. The van der Waals surface area contributed by atoms with Crippen molar-refractivity contribution >= 4 is 21.9 Å². The molecule has 1 atom stereocenters. The zero-order chi connectivity index (χ0) is 16.3. The topological polar surface area (TPSA) is 117 Å². The van der Waals surface area contributed by atoms with Gasteiger partial charge < -0.3 is 10.0 Å². The number of sulfonamides is 1. The van der Waals surface area contributed by atoms with Crippen LogP contribution in [0.5, 0.6) is 0 Å². The van der Waals surface area contributed by atoms with E-state index in [1.807, 2.05) is 0 Å². The summed E-state index contributed by atoms with van der Waals surface area (Å²) in [5, 5.41) is 8.25. The lowest BCUT2D eigenvalue weighted by Crippen LogP contribution is -2.37. The molecule has 8 nitrogen and oxygen atoms in total. The Labute approximate surface area is 128 Å². The number of hydrogen-bond donors (Lipinski definition) is 2. The second-order valence-electron chi connectivity index (χ2n) is 4.94. The highest BCUT2D eigenvalue weighted by Gasteiger charge is 2.35. The van der Waals surface area contributed by atoms with E-state index in [0.29, 0.717) is 19.5 Å². The predicted octanol–water partition coefficient (Wildman–Crippen LogP) is -0.0664. The van der Waals surface area contributed by atoms with Crippen molar-refractivity contribution in [2.24, 2.45) is 0 Å². The Balaban J connectivity index is 2.12. The fraction of sp³-hybridized carbons (Fsp3) is 0.462. The molecule has 1 fully saturated rings. The van der Waals surface area contributed by atoms with Crippen molar-refractivity contribution in [3.63, 3.8) is 0 Å². The first-order valence-corrected chi connectivity index (χ1v) is 8.37. The minimum absolute atomic E-state index is 0.0961. The highest BCUT2D eigenvalue weighted by atomic mass is 32.2. The average Bonchev–Trinajstić information content (AvgIpc) is 2.97. The summed E-state index contributed by atoms with van der Waals surface area (Å²) in [6, 6.07) is 2.61. The number of rotatable bonds is 5. The van der Waals surface area contributed by atoms with Crippen molar-refractivity contribution in [2.75, 3.05) is 19.6 Å². The number of nitrogens with one attached hydrogen (secondary N) is 1. The van der Waals surface area contributed by atoms with Crippen molar-refractivity contribution in [2.45, 2.75) is 18.6 Å². The molecule has 0 aromatic carbocycles. The molecule has 2 heterocycles. The molecule has 120 valence electrons. The van der Waals surface area contributed by atoms with Crippen LogP contribution in [0, 0.1) is 0 Å². The molecule has 2 N–H and O–H groups in total. The second-order valence-corrected chi connectivity index (χ2v) is 6.99. The summed E-state index contributed by atoms with van der Waals surface area (Å²) in [5.74, 6) is -1.61. The van der Waals surface area contributed by atoms with E-state index in [1.165, 1.54) is 23.2 Å². The Morgan fingerprint density at radius 3 is 2.86 bits per heavy atom. The Hall–Kier alpha value is -2.00. The number of carboxylic acid groups (broad SMARTS) is 1. The molecule has 0 bridgehead atoms. The molecule has 0 radical (unpaired) electrons. The fourth-order valence-electron chi connectivity index (χ4n) is 2.35. The first-order chi connectivity index (χ1) is 10.3. The molecule has 1 aromatic rings. The van der Waals surface area contributed by atoms with E-state index in [9.17, 15) is 18.0 Å². The quantitative estimate of drug-likeness (QED) is 0.782. The van der Waals surface area contributed by atoms with Crippen LogP contribution in [0.3, 0.4) is 0 Å². The number of aromatic carboxylic acids is 1. The fourth-order valence-corrected chi connectivity index (χ4v) is 3.78. The second kappa shape index (κ2) is 6.41. The first kappa shape index (κ1) is 16.4. The van der Waals surface area contributed by atoms with Gasteiger partial charge in [0.1, 0.15) is 5.69 Å². The summed E-state index contributed by atoms with van der Waals surface area (Å²) in [6.07, 6.45) is 1.61. The normalized spacial score (nSPS) is 18.4. The van der Waals surface area contributed by atoms with Crippen LogP contribution in [0.1, 0.15) is 34.2 Å². The van der Waals surface area contributed by atoms with Gasteiger partial charge in [0.2, 0.25) is 10.0 Å². The van der Waals surface area contributed by atoms with E-state index >= 15 is 0 Å². The number of carboxylic acids is 1. The molecule has 1 aliphatic rings. The molecule has 1 unspecified atom stereocenters. The smallest absolute Gasteiger partial charge is 0.354 e. The molecule has 1 aromatic heterocycles. The minimum atomic E-state index is -3.43. The van der Waals surface area contributed by atoms with Crippen molar-refractivity contribution in [1.29, 1.82) is 0 Å². The van der Waals surface area contributed by atoms with Crippen LogP contribution in [0.15, 0.2) is 18.3 Å². The van der Waals surface area contributed by atoms with Gasteiger partial charge in [0.05, 0.1) is 5.25 Å². The predicted molar refractivity (Wildman–Crippen MR) is 78.1 cm³/mol. The molecule has 1 saturated heterocycles. The molecule has 1 amide bonds. The molecular weight excluding hydrogens is 310 g/mol. The third-order valence-electron chi connectivity index (χ3n) is 3.44. The minimum Gasteiger partial charge on any atom is -0.477 e. The van der Waals surface area contributed by atoms with Crippen LogP contribution in [-0.2, 0) is 10.0 Å². The van der Waals surface area contributed by atoms with Crippen LogP contribution >= 0.6 is 0 Å². The van der Waals surface area contributed by atoms with Gasteiger partial charge in [0, 0.05) is 31.4 Å². The number of carbonyl (C=O) groups is 2.